The van der Waals surface area contributed by atoms with Crippen LogP contribution < -0.4 is 16.4 Å². The fourth-order valence-corrected chi connectivity index (χ4v) is 16.8. The lowest BCUT2D eigenvalue weighted by Gasteiger charge is -2.51. The summed E-state index contributed by atoms with van der Waals surface area (Å²) in [4.78, 5) is 0. The first-order valence-corrected chi connectivity index (χ1v) is 47.3. The maximum Gasteiger partial charge on any atom is 0.0362 e. The van der Waals surface area contributed by atoms with Crippen molar-refractivity contribution in [1.82, 2.24) is 10.6 Å². The minimum absolute atomic E-state index is 0.0277. The van der Waals surface area contributed by atoms with Crippen molar-refractivity contribution < 1.29 is 0 Å². The Bertz CT molecular complexity index is 1290. The normalized spacial score (nSPS) is 12.2. The Balaban J connectivity index is 6.04. The molecule has 0 aromatic rings. The number of nitrogens with two attached hydrogens (primary N) is 1. The van der Waals surface area contributed by atoms with Crippen LogP contribution in [0.4, 0.5) is 0 Å². The maximum absolute atomic E-state index is 8.43. The quantitative estimate of drug-likeness (QED) is 0.0532. The molecular formula is C94H193N3. The molecule has 0 bridgehead atoms. The van der Waals surface area contributed by atoms with Gasteiger partial charge in [-0.05, 0) is 38.6 Å². The molecule has 0 saturated carbocycles. The van der Waals surface area contributed by atoms with Gasteiger partial charge in [0.2, 0.25) is 0 Å². The molecule has 0 aliphatic rings. The Morgan fingerprint density at radius 3 is 0.474 bits per heavy atom. The van der Waals surface area contributed by atoms with Crippen LogP contribution in [0.25, 0.3) is 0 Å². The van der Waals surface area contributed by atoms with Crippen molar-refractivity contribution >= 4 is 0 Å². The summed E-state index contributed by atoms with van der Waals surface area (Å²) >= 11 is 0. The summed E-state index contributed by atoms with van der Waals surface area (Å²) in [5, 5.41) is 8.56. The predicted octanol–water partition coefficient (Wildman–Crippen LogP) is 33.5. The van der Waals surface area contributed by atoms with Crippen molar-refractivity contribution in [3.8, 4) is 0 Å². The van der Waals surface area contributed by atoms with Gasteiger partial charge in [0.15, 0.2) is 0 Å². The second-order valence-electron chi connectivity index (χ2n) is 33.4. The van der Waals surface area contributed by atoms with Crippen molar-refractivity contribution in [3.63, 3.8) is 0 Å². The molecule has 0 fully saturated rings. The summed E-state index contributed by atoms with van der Waals surface area (Å²) in [6, 6.07) is 0. The Morgan fingerprint density at radius 1 is 0.155 bits per heavy atom. The summed E-state index contributed by atoms with van der Waals surface area (Å²) in [7, 11) is 0. The van der Waals surface area contributed by atoms with Crippen LogP contribution in [0.3, 0.4) is 0 Å². The van der Waals surface area contributed by atoms with Gasteiger partial charge in [0.1, 0.15) is 0 Å². The van der Waals surface area contributed by atoms with Gasteiger partial charge in [0.05, 0.1) is 0 Å². The summed E-state index contributed by atoms with van der Waals surface area (Å²) < 4.78 is 0. The van der Waals surface area contributed by atoms with Gasteiger partial charge in [-0.1, -0.05) is 542 Å². The summed E-state index contributed by atoms with van der Waals surface area (Å²) in [6.07, 6.45) is 120. The van der Waals surface area contributed by atoms with Gasteiger partial charge < -0.3 is 16.4 Å². The van der Waals surface area contributed by atoms with Crippen LogP contribution in [0.2, 0.25) is 0 Å². The molecule has 3 nitrogen and oxygen atoms in total. The van der Waals surface area contributed by atoms with Crippen LogP contribution in [-0.4, -0.2) is 30.7 Å². The first-order valence-electron chi connectivity index (χ1n) is 47.3. The first-order chi connectivity index (χ1) is 48.1. The van der Waals surface area contributed by atoms with E-state index in [-0.39, 0.29) is 11.1 Å². The minimum Gasteiger partial charge on any atom is -0.324 e. The number of hydrogen-bond donors (Lipinski definition) is 3. The number of rotatable bonds is 90. The molecule has 0 aliphatic carbocycles. The van der Waals surface area contributed by atoms with Crippen molar-refractivity contribution in [2.45, 2.75) is 585 Å². The highest BCUT2D eigenvalue weighted by atomic mass is 15.1. The lowest BCUT2D eigenvalue weighted by molar-refractivity contribution is 0.108. The van der Waals surface area contributed by atoms with Crippen LogP contribution in [0.5, 0.6) is 0 Å². The molecule has 0 radical (unpaired) electrons. The molecule has 3 heteroatoms. The van der Waals surface area contributed by atoms with E-state index in [1.54, 1.807) is 0 Å². The maximum atomic E-state index is 8.43. The molecule has 4 N–H and O–H groups in total. The lowest BCUT2D eigenvalue weighted by Crippen LogP contribution is -2.68. The van der Waals surface area contributed by atoms with Crippen LogP contribution in [-0.2, 0) is 0 Å². The lowest BCUT2D eigenvalue weighted by atomic mass is 9.66. The first kappa shape index (κ1) is 96.9. The third-order valence-electron chi connectivity index (χ3n) is 23.8. The molecule has 584 valence electrons. The average Bonchev–Trinajstić information content (AvgIpc) is 0.812. The molecule has 0 atom stereocenters. The molecule has 97 heavy (non-hydrogen) atoms. The molecule has 0 amide bonds. The number of unbranched alkanes of at least 4 members (excludes halogenated alkanes) is 75. The van der Waals surface area contributed by atoms with Gasteiger partial charge >= 0.3 is 0 Å². The molecule has 0 unspecified atom stereocenters. The highest BCUT2D eigenvalue weighted by Crippen LogP contribution is 2.40. The Hall–Kier alpha value is -0.120. The molecule has 0 aliphatic heterocycles. The van der Waals surface area contributed by atoms with E-state index < -0.39 is 0 Å². The smallest absolute Gasteiger partial charge is 0.0362 e. The highest BCUT2D eigenvalue weighted by Gasteiger charge is 2.46. The van der Waals surface area contributed by atoms with Crippen molar-refractivity contribution in [3.05, 3.63) is 0 Å². The van der Waals surface area contributed by atoms with Gasteiger partial charge in [-0.25, -0.2) is 0 Å². The van der Waals surface area contributed by atoms with Crippen LogP contribution >= 0.6 is 0 Å². The molecule has 0 heterocycles. The standard InChI is InChI=1S/C94H193N3/c1-6-11-16-21-26-31-36-41-46-51-56-61-66-71-76-81-86-93(95,87-82-77-72-67-62-57-52-47-42-37-32-27-22-17-12-7-2)94(88-83-78-73-68-63-58-53-48-43-38-33-28-23-18-13-8-3,89-84-79-74-69-64-59-54-49-44-39-34-29-24-19-14-9-4)97-92-91-96-90-85-80-75-70-65-60-55-50-45-40-35-30-25-20-15-10-5/h96-97H,6-92,95H2,1-5H3. The SMILES string of the molecule is CCCCCCCCCCCCCCCCCCNCCNC(CCCCCCCCCCCCCCCCCC)(CCCCCCCCCCCCCCCCCC)C(N)(CCCCCCCCCCCCCCCCCC)CCCCCCCCCCCCCCCCCC. The molecule has 0 saturated heterocycles. The van der Waals surface area contributed by atoms with E-state index in [0.29, 0.717) is 0 Å². The fraction of sp³-hybridized carbons (Fsp3) is 1.00. The largest absolute Gasteiger partial charge is 0.324 e. The van der Waals surface area contributed by atoms with Gasteiger partial charge in [0.25, 0.3) is 0 Å². The summed E-state index contributed by atoms with van der Waals surface area (Å²) in [5.41, 5.74) is 8.32. The van der Waals surface area contributed by atoms with E-state index in [4.69, 9.17) is 5.73 Å². The summed E-state index contributed by atoms with van der Waals surface area (Å²) in [6.45, 7) is 15.0. The zero-order valence-corrected chi connectivity index (χ0v) is 69.1. The molecular weight excluding hydrogens is 1170 g/mol. The third kappa shape index (κ3) is 72.6. The van der Waals surface area contributed by atoms with Crippen LogP contribution in [0.1, 0.15) is 574 Å². The fourth-order valence-electron chi connectivity index (χ4n) is 16.8. The van der Waals surface area contributed by atoms with E-state index in [2.05, 4.69) is 45.3 Å². The summed E-state index contributed by atoms with van der Waals surface area (Å²) in [5.74, 6) is 0. The van der Waals surface area contributed by atoms with Gasteiger partial charge in [-0.2, -0.15) is 0 Å². The second-order valence-corrected chi connectivity index (χ2v) is 33.4. The number of nitrogens with one attached hydrogen (secondary N) is 2. The topological polar surface area (TPSA) is 50.1 Å². The van der Waals surface area contributed by atoms with Gasteiger partial charge in [-0.15, -0.1) is 0 Å². The van der Waals surface area contributed by atoms with Crippen molar-refractivity contribution in [1.29, 1.82) is 0 Å². The Labute approximate surface area is 617 Å². The molecule has 0 spiro atoms. The molecule has 0 rings (SSSR count). The van der Waals surface area contributed by atoms with E-state index in [1.165, 1.54) is 546 Å². The van der Waals surface area contributed by atoms with E-state index in [1.807, 2.05) is 0 Å². The van der Waals surface area contributed by atoms with Crippen LogP contribution in [0, 0.1) is 0 Å². The Morgan fingerprint density at radius 2 is 0.299 bits per heavy atom. The zero-order chi connectivity index (χ0) is 69.9. The van der Waals surface area contributed by atoms with Gasteiger partial charge in [0, 0.05) is 24.2 Å². The van der Waals surface area contributed by atoms with E-state index >= 15 is 0 Å². The second kappa shape index (κ2) is 84.8. The third-order valence-corrected chi connectivity index (χ3v) is 23.8. The van der Waals surface area contributed by atoms with Crippen molar-refractivity contribution in [2.24, 2.45) is 5.73 Å². The number of hydrogen-bond acceptors (Lipinski definition) is 3. The highest BCUT2D eigenvalue weighted by molar-refractivity contribution is 5.09. The monoisotopic (exact) mass is 1360 g/mol. The van der Waals surface area contributed by atoms with Crippen LogP contribution in [0.15, 0.2) is 0 Å². The van der Waals surface area contributed by atoms with Gasteiger partial charge in [-0.3, -0.25) is 0 Å². The Kier molecular flexibility index (Phi) is 84.7. The van der Waals surface area contributed by atoms with E-state index in [9.17, 15) is 0 Å². The average molecular weight is 1370 g/mol. The predicted molar refractivity (Wildman–Crippen MR) is 447 cm³/mol. The molecule has 0 aromatic carbocycles. The van der Waals surface area contributed by atoms with Crippen molar-refractivity contribution in [2.75, 3.05) is 19.6 Å². The minimum atomic E-state index is -0.141. The van der Waals surface area contributed by atoms with E-state index in [0.717, 1.165) is 13.1 Å². The molecule has 0 aromatic heterocycles. The zero-order valence-electron chi connectivity index (χ0n) is 69.1.